The van der Waals surface area contributed by atoms with E-state index in [2.05, 4.69) is 0 Å². The Kier molecular flexibility index (Phi) is 5.25. The second-order valence-corrected chi connectivity index (χ2v) is 3.95. The maximum Gasteiger partial charge on any atom is 0.326 e. The van der Waals surface area contributed by atoms with Crippen LogP contribution in [-0.2, 0) is 14.3 Å². The first-order chi connectivity index (χ1) is 7.66. The molecule has 5 nitrogen and oxygen atoms in total. The van der Waals surface area contributed by atoms with Gasteiger partial charge in [0.25, 0.3) is 0 Å². The molecule has 0 aromatic rings. The minimum absolute atomic E-state index is 0.110. The van der Waals surface area contributed by atoms with Crippen LogP contribution in [0.1, 0.15) is 32.6 Å². The number of hydrogen-bond acceptors (Lipinski definition) is 3. The van der Waals surface area contributed by atoms with Gasteiger partial charge < -0.3 is 14.7 Å². The van der Waals surface area contributed by atoms with E-state index in [4.69, 9.17) is 9.84 Å². The molecule has 1 saturated heterocycles. The molecule has 1 atom stereocenters. The largest absolute Gasteiger partial charge is 0.480 e. The third-order valence-electron chi connectivity index (χ3n) is 2.67. The number of nitrogens with zero attached hydrogens (tertiary/aromatic N) is 1. The number of aliphatic carboxylic acids is 1. The normalized spacial score (nSPS) is 20.1. The Morgan fingerprint density at radius 1 is 1.44 bits per heavy atom. The molecule has 0 aromatic heterocycles. The lowest BCUT2D eigenvalue weighted by atomic mass is 10.2. The maximum absolute atomic E-state index is 11.7. The van der Waals surface area contributed by atoms with Crippen molar-refractivity contribution in [3.05, 3.63) is 0 Å². The fraction of sp³-hybridized carbons (Fsp3) is 0.818. The van der Waals surface area contributed by atoms with E-state index < -0.39 is 12.0 Å². The summed E-state index contributed by atoms with van der Waals surface area (Å²) in [6, 6.07) is -0.626. The molecule has 1 rings (SSSR count). The molecular formula is C11H19NO4. The van der Waals surface area contributed by atoms with Gasteiger partial charge in [-0.2, -0.15) is 0 Å². The fourth-order valence-corrected chi connectivity index (χ4v) is 1.87. The molecule has 16 heavy (non-hydrogen) atoms. The fourth-order valence-electron chi connectivity index (χ4n) is 1.87. The first kappa shape index (κ1) is 13.0. The lowest BCUT2D eigenvalue weighted by molar-refractivity contribution is -0.148. The van der Waals surface area contributed by atoms with E-state index >= 15 is 0 Å². The van der Waals surface area contributed by atoms with Gasteiger partial charge >= 0.3 is 5.97 Å². The molecule has 1 N–H and O–H groups in total. The van der Waals surface area contributed by atoms with E-state index in [1.807, 2.05) is 6.92 Å². The Bertz CT molecular complexity index is 254. The summed E-state index contributed by atoms with van der Waals surface area (Å²) >= 11 is 0. The average molecular weight is 229 g/mol. The maximum atomic E-state index is 11.7. The van der Waals surface area contributed by atoms with Crippen molar-refractivity contribution in [2.75, 3.05) is 19.8 Å². The monoisotopic (exact) mass is 229 g/mol. The molecule has 1 aliphatic rings. The third kappa shape index (κ3) is 3.48. The number of hydrogen-bond donors (Lipinski definition) is 1. The molecule has 0 aromatic carbocycles. The molecule has 0 radical (unpaired) electrons. The van der Waals surface area contributed by atoms with E-state index in [0.717, 1.165) is 12.8 Å². The van der Waals surface area contributed by atoms with E-state index in [1.54, 1.807) is 0 Å². The van der Waals surface area contributed by atoms with Gasteiger partial charge in [0.2, 0.25) is 5.91 Å². The van der Waals surface area contributed by atoms with Gasteiger partial charge in [-0.1, -0.05) is 6.92 Å². The number of rotatable bonds is 6. The summed E-state index contributed by atoms with van der Waals surface area (Å²) in [5.41, 5.74) is 0. The van der Waals surface area contributed by atoms with Crippen LogP contribution in [0.25, 0.3) is 0 Å². The van der Waals surface area contributed by atoms with Crippen molar-refractivity contribution in [2.24, 2.45) is 0 Å². The summed E-state index contributed by atoms with van der Waals surface area (Å²) in [5.74, 6) is -1.01. The molecule has 0 aliphatic carbocycles. The first-order valence-electron chi connectivity index (χ1n) is 5.76. The van der Waals surface area contributed by atoms with Crippen LogP contribution >= 0.6 is 0 Å². The van der Waals surface area contributed by atoms with Gasteiger partial charge in [-0.3, -0.25) is 4.79 Å². The van der Waals surface area contributed by atoms with Crippen LogP contribution in [0.3, 0.4) is 0 Å². The SMILES string of the molecule is CCCOCCC(=O)N1CCCC1C(=O)O. The van der Waals surface area contributed by atoms with Crippen molar-refractivity contribution in [2.45, 2.75) is 38.6 Å². The van der Waals surface area contributed by atoms with Crippen LogP contribution in [0.4, 0.5) is 0 Å². The number of amides is 1. The molecule has 1 heterocycles. The number of ether oxygens (including phenoxy) is 1. The zero-order valence-electron chi connectivity index (χ0n) is 9.65. The van der Waals surface area contributed by atoms with Gasteiger partial charge in [-0.25, -0.2) is 4.79 Å². The van der Waals surface area contributed by atoms with Gasteiger partial charge in [-0.05, 0) is 19.3 Å². The van der Waals surface area contributed by atoms with Gasteiger partial charge in [0.15, 0.2) is 0 Å². The molecular weight excluding hydrogens is 210 g/mol. The Balaban J connectivity index is 2.32. The second kappa shape index (κ2) is 6.48. The van der Waals surface area contributed by atoms with E-state index in [1.165, 1.54) is 4.90 Å². The average Bonchev–Trinajstić information content (AvgIpc) is 2.73. The predicted molar refractivity (Wildman–Crippen MR) is 58.1 cm³/mol. The smallest absolute Gasteiger partial charge is 0.326 e. The molecule has 92 valence electrons. The zero-order chi connectivity index (χ0) is 12.0. The summed E-state index contributed by atoms with van der Waals surface area (Å²) in [6.45, 7) is 3.59. The minimum atomic E-state index is -0.902. The summed E-state index contributed by atoms with van der Waals surface area (Å²) < 4.78 is 5.21. The van der Waals surface area contributed by atoms with E-state index in [9.17, 15) is 9.59 Å². The van der Waals surface area contributed by atoms with Crippen LogP contribution in [0, 0.1) is 0 Å². The van der Waals surface area contributed by atoms with Gasteiger partial charge in [0.1, 0.15) is 6.04 Å². The summed E-state index contributed by atoms with van der Waals surface area (Å²) in [5, 5.41) is 8.92. The summed E-state index contributed by atoms with van der Waals surface area (Å²) in [7, 11) is 0. The highest BCUT2D eigenvalue weighted by atomic mass is 16.5. The van der Waals surface area contributed by atoms with Crippen molar-refractivity contribution < 1.29 is 19.4 Å². The lowest BCUT2D eigenvalue weighted by Gasteiger charge is -2.21. The first-order valence-corrected chi connectivity index (χ1v) is 5.76. The highest BCUT2D eigenvalue weighted by molar-refractivity contribution is 5.84. The Hall–Kier alpha value is -1.10. The van der Waals surface area contributed by atoms with Crippen LogP contribution in [0.15, 0.2) is 0 Å². The predicted octanol–water partition coefficient (Wildman–Crippen LogP) is 0.879. The molecule has 1 amide bonds. The summed E-state index contributed by atoms with van der Waals surface area (Å²) in [4.78, 5) is 24.0. The van der Waals surface area contributed by atoms with E-state index in [-0.39, 0.29) is 12.3 Å². The molecule has 1 unspecified atom stereocenters. The van der Waals surface area contributed by atoms with Crippen molar-refractivity contribution in [3.63, 3.8) is 0 Å². The van der Waals surface area contributed by atoms with Crippen LogP contribution < -0.4 is 0 Å². The van der Waals surface area contributed by atoms with Crippen molar-refractivity contribution in [1.82, 2.24) is 4.90 Å². The quantitative estimate of drug-likeness (QED) is 0.686. The number of carbonyl (C=O) groups excluding carboxylic acids is 1. The standard InChI is InChI=1S/C11H19NO4/c1-2-7-16-8-5-10(13)12-6-3-4-9(12)11(14)15/h9H,2-8H2,1H3,(H,14,15). The molecule has 0 saturated carbocycles. The van der Waals surface area contributed by atoms with Crippen LogP contribution in [0.2, 0.25) is 0 Å². The topological polar surface area (TPSA) is 66.8 Å². The highest BCUT2D eigenvalue weighted by Gasteiger charge is 2.33. The number of carboxylic acids is 1. The van der Waals surface area contributed by atoms with Crippen molar-refractivity contribution >= 4 is 11.9 Å². The van der Waals surface area contributed by atoms with Crippen molar-refractivity contribution in [1.29, 1.82) is 0 Å². The van der Waals surface area contributed by atoms with E-state index in [0.29, 0.717) is 26.2 Å². The number of carbonyl (C=O) groups is 2. The molecule has 0 bridgehead atoms. The van der Waals surface area contributed by atoms with Crippen molar-refractivity contribution in [3.8, 4) is 0 Å². The Morgan fingerprint density at radius 2 is 2.19 bits per heavy atom. The Morgan fingerprint density at radius 3 is 2.81 bits per heavy atom. The zero-order valence-corrected chi connectivity index (χ0v) is 9.65. The minimum Gasteiger partial charge on any atom is -0.480 e. The summed E-state index contributed by atoms with van der Waals surface area (Å²) in [6.07, 6.45) is 2.55. The van der Waals surface area contributed by atoms with Gasteiger partial charge in [0.05, 0.1) is 13.0 Å². The molecule has 1 fully saturated rings. The molecule has 5 heteroatoms. The van der Waals surface area contributed by atoms with Crippen LogP contribution in [-0.4, -0.2) is 47.7 Å². The second-order valence-electron chi connectivity index (χ2n) is 3.95. The number of likely N-dealkylation sites (tertiary alicyclic amines) is 1. The van der Waals surface area contributed by atoms with Gasteiger partial charge in [0, 0.05) is 13.2 Å². The highest BCUT2D eigenvalue weighted by Crippen LogP contribution is 2.18. The van der Waals surface area contributed by atoms with Gasteiger partial charge in [-0.15, -0.1) is 0 Å². The molecule has 1 aliphatic heterocycles. The molecule has 0 spiro atoms. The third-order valence-corrected chi connectivity index (χ3v) is 2.67. The Labute approximate surface area is 95.4 Å². The van der Waals surface area contributed by atoms with Crippen LogP contribution in [0.5, 0.6) is 0 Å². The lowest BCUT2D eigenvalue weighted by Crippen LogP contribution is -2.40. The number of carboxylic acid groups (broad SMARTS) is 1.